The van der Waals surface area contributed by atoms with Crippen LogP contribution in [-0.4, -0.2) is 139 Å². The van der Waals surface area contributed by atoms with Gasteiger partial charge < -0.3 is 25.8 Å². The first-order chi connectivity index (χ1) is 31.8. The van der Waals surface area contributed by atoms with Crippen LogP contribution in [-0.2, 0) is 27.1 Å². The molecule has 1 saturated carbocycles. The van der Waals surface area contributed by atoms with Crippen LogP contribution in [0.25, 0.3) is 0 Å². The van der Waals surface area contributed by atoms with E-state index in [4.69, 9.17) is 14.5 Å². The number of nitrogens with zero attached hydrogens (tertiary/aromatic N) is 5. The third kappa shape index (κ3) is 12.4. The van der Waals surface area contributed by atoms with Gasteiger partial charge in [-0.25, -0.2) is 0 Å². The number of halogens is 3. The molecule has 3 saturated heterocycles. The van der Waals surface area contributed by atoms with E-state index in [1.807, 2.05) is 12.1 Å². The predicted octanol–water partition coefficient (Wildman–Crippen LogP) is 4.83. The number of nitrogens with two attached hydrogens (primary N) is 1. The van der Waals surface area contributed by atoms with E-state index in [1.54, 1.807) is 24.3 Å². The van der Waals surface area contributed by atoms with E-state index in [0.29, 0.717) is 35.4 Å². The summed E-state index contributed by atoms with van der Waals surface area (Å²) in [6.45, 7) is 8.95. The number of primary amides is 1. The highest BCUT2D eigenvalue weighted by Crippen LogP contribution is 2.34. The Morgan fingerprint density at radius 3 is 2.23 bits per heavy atom. The fourth-order valence-corrected chi connectivity index (χ4v) is 9.53. The van der Waals surface area contributed by atoms with Crippen LogP contribution in [0.3, 0.4) is 0 Å². The van der Waals surface area contributed by atoms with Crippen LogP contribution in [0.2, 0.25) is 0 Å². The molecule has 1 aliphatic carbocycles. The summed E-state index contributed by atoms with van der Waals surface area (Å²) < 4.78 is 46.2. The molecule has 0 aromatic heterocycles. The van der Waals surface area contributed by atoms with Crippen molar-refractivity contribution in [3.63, 3.8) is 0 Å². The summed E-state index contributed by atoms with van der Waals surface area (Å²) in [6.07, 6.45) is 3.46. The van der Waals surface area contributed by atoms with E-state index in [-0.39, 0.29) is 43.0 Å². The molecular weight excluding hydrogens is 858 g/mol. The zero-order chi connectivity index (χ0) is 46.8. The third-order valence-electron chi connectivity index (χ3n) is 13.3. The number of anilines is 1. The maximum atomic E-state index is 13.4. The van der Waals surface area contributed by atoms with Crippen molar-refractivity contribution < 1.29 is 47.0 Å². The van der Waals surface area contributed by atoms with Crippen LogP contribution in [0.15, 0.2) is 65.7 Å². The van der Waals surface area contributed by atoms with E-state index < -0.39 is 41.4 Å². The SMILES string of the molecule is NC=O.O=C1CCC(N2C(=O)c3ccc(OCCN4CCC(CN5CCN(Cc6ccc(NC7CCC(CO)CC7)c(N=Cc7cccc(C(F)(F)F)c7)c6)CC5)CC4)cc3C2=O)C(=O)N1. The summed E-state index contributed by atoms with van der Waals surface area (Å²) in [5.41, 5.74) is 6.93. The highest BCUT2D eigenvalue weighted by Gasteiger charge is 2.45. The molecule has 0 spiro atoms. The van der Waals surface area contributed by atoms with Crippen LogP contribution >= 0.6 is 0 Å². The molecular formula is C48H59F3N8O7. The quantitative estimate of drug-likeness (QED) is 0.0985. The number of ether oxygens (including phenoxy) is 1. The maximum absolute atomic E-state index is 13.4. The Kier molecular flexibility index (Phi) is 16.2. The highest BCUT2D eigenvalue weighted by molar-refractivity contribution is 6.23. The number of aliphatic hydroxyl groups excluding tert-OH is 1. The predicted molar refractivity (Wildman–Crippen MR) is 241 cm³/mol. The van der Waals surface area contributed by atoms with Gasteiger partial charge in [-0.1, -0.05) is 18.2 Å². The molecule has 3 aromatic rings. The number of hydrogen-bond acceptors (Lipinski definition) is 12. The number of piperazine rings is 1. The second-order valence-electron chi connectivity index (χ2n) is 17.8. The maximum Gasteiger partial charge on any atom is 0.416 e. The minimum absolute atomic E-state index is 0.0685. The normalized spacial score (nSPS) is 22.5. The van der Waals surface area contributed by atoms with Crippen molar-refractivity contribution in [3.05, 3.63) is 88.5 Å². The number of piperidine rings is 2. The van der Waals surface area contributed by atoms with Crippen molar-refractivity contribution in [2.24, 2.45) is 22.6 Å². The number of aliphatic imine (C=N–C) groups is 1. The summed E-state index contributed by atoms with van der Waals surface area (Å²) in [4.78, 5) is 71.8. The smallest absolute Gasteiger partial charge is 0.416 e. The van der Waals surface area contributed by atoms with Gasteiger partial charge in [0, 0.05) is 71.1 Å². The number of hydrogen-bond donors (Lipinski definition) is 4. The summed E-state index contributed by atoms with van der Waals surface area (Å²) in [6, 6.07) is 15.4. The molecule has 8 rings (SSSR count). The Bertz CT molecular complexity index is 2240. The van der Waals surface area contributed by atoms with E-state index >= 15 is 0 Å². The fourth-order valence-electron chi connectivity index (χ4n) is 9.53. The average molecular weight is 917 g/mol. The molecule has 5 aliphatic rings. The molecule has 1 unspecified atom stereocenters. The van der Waals surface area contributed by atoms with Gasteiger partial charge in [0.15, 0.2) is 0 Å². The van der Waals surface area contributed by atoms with Crippen LogP contribution in [0, 0.1) is 11.8 Å². The third-order valence-corrected chi connectivity index (χ3v) is 13.3. The highest BCUT2D eigenvalue weighted by atomic mass is 19.4. The van der Waals surface area contributed by atoms with Gasteiger partial charge in [0.1, 0.15) is 18.4 Å². The Morgan fingerprint density at radius 2 is 1.53 bits per heavy atom. The van der Waals surface area contributed by atoms with Gasteiger partial charge in [0.2, 0.25) is 18.2 Å². The molecule has 0 bridgehead atoms. The lowest BCUT2D eigenvalue weighted by molar-refractivity contribution is -0.138. The van der Waals surface area contributed by atoms with Crippen molar-refractivity contribution in [1.82, 2.24) is 24.9 Å². The average Bonchev–Trinajstić information content (AvgIpc) is 3.55. The lowest BCUT2D eigenvalue weighted by atomic mass is 9.86. The van der Waals surface area contributed by atoms with Crippen molar-refractivity contribution in [2.75, 3.05) is 70.9 Å². The number of benzene rings is 3. The number of carbonyl (C=O) groups excluding carboxylic acids is 5. The second kappa shape index (κ2) is 22.2. The van der Waals surface area contributed by atoms with E-state index in [1.165, 1.54) is 12.3 Å². The van der Waals surface area contributed by atoms with Crippen molar-refractivity contribution in [2.45, 2.75) is 76.2 Å². The molecule has 0 radical (unpaired) electrons. The first-order valence-corrected chi connectivity index (χ1v) is 22.8. The zero-order valence-corrected chi connectivity index (χ0v) is 37.0. The molecule has 66 heavy (non-hydrogen) atoms. The molecule has 354 valence electrons. The standard InChI is InChI=1S/C47H56F3N7O6.CH3NO/c48-47(49,50)35-3-1-2-33(24-35)27-51-41-25-34(6-11-40(41)52-36-7-4-32(30-58)5-8-36)29-56-20-18-55(19-21-56)28-31-14-16-54(17-15-31)22-23-63-37-9-10-38-39(26-37)46(62)57(45(38)61)42-12-13-43(59)53-44(42)60;2-1-3/h1-3,6,9-11,24-27,31-32,36,42,52,58H,4-5,7-8,12-23,28-30H2,(H,53,59,60);1H,(H2,2,3). The number of likely N-dealkylation sites (tertiary alicyclic amines) is 1. The van der Waals surface area contributed by atoms with Crippen LogP contribution in [0.4, 0.5) is 24.5 Å². The van der Waals surface area contributed by atoms with Crippen LogP contribution in [0.1, 0.15) is 88.8 Å². The lowest BCUT2D eigenvalue weighted by Crippen LogP contribution is -2.54. The van der Waals surface area contributed by atoms with Gasteiger partial charge in [-0.3, -0.25) is 49.0 Å². The second-order valence-corrected chi connectivity index (χ2v) is 17.8. The number of nitrogens with one attached hydrogen (secondary N) is 2. The Morgan fingerprint density at radius 1 is 0.818 bits per heavy atom. The number of rotatable bonds is 14. The van der Waals surface area contributed by atoms with Gasteiger partial charge in [-0.2, -0.15) is 13.2 Å². The summed E-state index contributed by atoms with van der Waals surface area (Å²) in [5, 5.41) is 15.4. The van der Waals surface area contributed by atoms with Gasteiger partial charge >= 0.3 is 6.18 Å². The van der Waals surface area contributed by atoms with Crippen molar-refractivity contribution in [3.8, 4) is 5.75 Å². The molecule has 4 heterocycles. The first-order valence-electron chi connectivity index (χ1n) is 22.8. The van der Waals surface area contributed by atoms with Crippen LogP contribution < -0.4 is 21.1 Å². The molecule has 5 N–H and O–H groups in total. The number of carbonyl (C=O) groups is 5. The monoisotopic (exact) mass is 916 g/mol. The molecule has 4 fully saturated rings. The van der Waals surface area contributed by atoms with Gasteiger partial charge in [-0.05, 0) is 123 Å². The number of fused-ring (bicyclic) bond motifs is 1. The Labute approximate surface area is 382 Å². The zero-order valence-electron chi connectivity index (χ0n) is 37.0. The molecule has 3 aromatic carbocycles. The minimum atomic E-state index is -4.43. The van der Waals surface area contributed by atoms with Gasteiger partial charge in [0.25, 0.3) is 11.8 Å². The van der Waals surface area contributed by atoms with E-state index in [2.05, 4.69) is 37.1 Å². The molecule has 15 nitrogen and oxygen atoms in total. The Hall–Kier alpha value is -5.69. The molecule has 1 atom stereocenters. The van der Waals surface area contributed by atoms with Gasteiger partial charge in [0.05, 0.1) is 28.1 Å². The molecule has 4 aliphatic heterocycles. The molecule has 18 heteroatoms. The largest absolute Gasteiger partial charge is 0.492 e. The Balaban J connectivity index is 0.00000210. The number of amides is 5. The van der Waals surface area contributed by atoms with Crippen LogP contribution in [0.5, 0.6) is 5.75 Å². The fraction of sp³-hybridized carbons (Fsp3) is 0.500. The van der Waals surface area contributed by atoms with Crippen molar-refractivity contribution in [1.29, 1.82) is 0 Å². The first kappa shape index (κ1) is 48.2. The van der Waals surface area contributed by atoms with Crippen molar-refractivity contribution >= 4 is 47.6 Å². The summed E-state index contributed by atoms with van der Waals surface area (Å²) >= 11 is 0. The number of imide groups is 2. The van der Waals surface area contributed by atoms with E-state index in [9.17, 15) is 37.5 Å². The topological polar surface area (TPSA) is 190 Å². The summed E-state index contributed by atoms with van der Waals surface area (Å²) in [5.74, 6) is -0.718. The minimum Gasteiger partial charge on any atom is -0.492 e. The van der Waals surface area contributed by atoms with E-state index in [0.717, 1.165) is 126 Å². The molecule has 5 amide bonds. The summed E-state index contributed by atoms with van der Waals surface area (Å²) in [7, 11) is 0. The lowest BCUT2D eigenvalue weighted by Gasteiger charge is -2.39. The number of aliphatic hydroxyl groups is 1. The van der Waals surface area contributed by atoms with Gasteiger partial charge in [-0.15, -0.1) is 0 Å². The number of alkyl halides is 3.